The fourth-order valence-corrected chi connectivity index (χ4v) is 6.00. The molecule has 2 aliphatic rings. The normalized spacial score (nSPS) is 32.5. The predicted molar refractivity (Wildman–Crippen MR) is 71.2 cm³/mol. The molecule has 9 heteroatoms. The van der Waals surface area contributed by atoms with E-state index in [-0.39, 0.29) is 36.5 Å². The predicted octanol–water partition coefficient (Wildman–Crippen LogP) is -1.53. The van der Waals surface area contributed by atoms with Gasteiger partial charge in [0.1, 0.15) is 9.84 Å². The van der Waals surface area contributed by atoms with Gasteiger partial charge in [-0.15, -0.1) is 0 Å². The number of sulfonamides is 1. The molecule has 0 aromatic heterocycles. The lowest BCUT2D eigenvalue weighted by Crippen LogP contribution is -2.48. The zero-order valence-corrected chi connectivity index (χ0v) is 12.5. The minimum atomic E-state index is -3.49. The van der Waals surface area contributed by atoms with E-state index in [1.54, 1.807) is 7.11 Å². The van der Waals surface area contributed by atoms with Crippen LogP contribution in [0.15, 0.2) is 0 Å². The van der Waals surface area contributed by atoms with Crippen LogP contribution in [0.25, 0.3) is 0 Å². The second-order valence-electron chi connectivity index (χ2n) is 5.05. The molecule has 112 valence electrons. The van der Waals surface area contributed by atoms with Crippen LogP contribution < -0.4 is 10.0 Å². The molecular weight excluding hydrogens is 292 g/mol. The number of nitrogens with one attached hydrogen (secondary N) is 2. The van der Waals surface area contributed by atoms with Gasteiger partial charge in [-0.3, -0.25) is 0 Å². The first-order chi connectivity index (χ1) is 8.84. The summed E-state index contributed by atoms with van der Waals surface area (Å²) in [6.45, 7) is 1.14. The third-order valence-corrected chi connectivity index (χ3v) is 7.41. The monoisotopic (exact) mass is 312 g/mol. The molecule has 0 aromatic carbocycles. The molecule has 1 unspecified atom stereocenters. The van der Waals surface area contributed by atoms with E-state index in [1.807, 2.05) is 0 Å². The second-order valence-corrected chi connectivity index (χ2v) is 9.35. The number of hydrogen-bond donors (Lipinski definition) is 2. The van der Waals surface area contributed by atoms with Gasteiger partial charge in [0.2, 0.25) is 10.0 Å². The van der Waals surface area contributed by atoms with E-state index in [4.69, 9.17) is 4.74 Å². The van der Waals surface area contributed by atoms with Crippen molar-refractivity contribution in [2.24, 2.45) is 0 Å². The maximum Gasteiger partial charge on any atom is 0.214 e. The maximum atomic E-state index is 12.2. The lowest BCUT2D eigenvalue weighted by atomic mass is 10.2. The van der Waals surface area contributed by atoms with E-state index in [0.29, 0.717) is 13.1 Å². The van der Waals surface area contributed by atoms with Gasteiger partial charge in [-0.05, 0) is 12.8 Å². The van der Waals surface area contributed by atoms with Crippen molar-refractivity contribution >= 4 is 19.9 Å². The highest BCUT2D eigenvalue weighted by Crippen LogP contribution is 2.19. The molecule has 2 atom stereocenters. The van der Waals surface area contributed by atoms with Crippen LogP contribution in [0.4, 0.5) is 0 Å². The fourth-order valence-electron chi connectivity index (χ4n) is 2.51. The molecule has 2 fully saturated rings. The Hall–Kier alpha value is -0.220. The highest BCUT2D eigenvalue weighted by atomic mass is 32.2. The number of rotatable bonds is 4. The Morgan fingerprint density at radius 1 is 1.21 bits per heavy atom. The van der Waals surface area contributed by atoms with Crippen molar-refractivity contribution in [3.8, 4) is 0 Å². The van der Waals surface area contributed by atoms with Crippen LogP contribution >= 0.6 is 0 Å². The first-order valence-electron chi connectivity index (χ1n) is 6.29. The van der Waals surface area contributed by atoms with Crippen molar-refractivity contribution in [2.45, 2.75) is 30.2 Å². The third kappa shape index (κ3) is 3.66. The van der Waals surface area contributed by atoms with Crippen molar-refractivity contribution in [1.82, 2.24) is 10.0 Å². The van der Waals surface area contributed by atoms with Gasteiger partial charge in [-0.2, -0.15) is 0 Å². The molecule has 2 heterocycles. The number of sulfone groups is 1. The highest BCUT2D eigenvalue weighted by Gasteiger charge is 2.37. The van der Waals surface area contributed by atoms with Gasteiger partial charge in [0.15, 0.2) is 0 Å². The smallest absolute Gasteiger partial charge is 0.214 e. The zero-order valence-electron chi connectivity index (χ0n) is 10.8. The summed E-state index contributed by atoms with van der Waals surface area (Å²) in [7, 11) is -4.99. The van der Waals surface area contributed by atoms with Crippen LogP contribution in [0.2, 0.25) is 0 Å². The van der Waals surface area contributed by atoms with Gasteiger partial charge < -0.3 is 10.1 Å². The summed E-state index contributed by atoms with van der Waals surface area (Å²) in [5.41, 5.74) is 0. The van der Waals surface area contributed by atoms with Crippen LogP contribution in [0.1, 0.15) is 12.8 Å². The van der Waals surface area contributed by atoms with Crippen molar-refractivity contribution in [1.29, 1.82) is 0 Å². The molecule has 0 aliphatic carbocycles. The van der Waals surface area contributed by atoms with Crippen LogP contribution in [-0.2, 0) is 24.6 Å². The van der Waals surface area contributed by atoms with Crippen molar-refractivity contribution in [2.75, 3.05) is 31.7 Å². The Morgan fingerprint density at radius 2 is 1.84 bits per heavy atom. The van der Waals surface area contributed by atoms with Gasteiger partial charge >= 0.3 is 0 Å². The summed E-state index contributed by atoms with van der Waals surface area (Å²) in [6, 6.07) is -0.284. The minimum absolute atomic E-state index is 0.0464. The van der Waals surface area contributed by atoms with E-state index in [1.165, 1.54) is 0 Å². The molecule has 0 aromatic rings. The number of ether oxygens (including phenoxy) is 1. The van der Waals surface area contributed by atoms with Gasteiger partial charge in [0.05, 0.1) is 28.9 Å². The Kier molecular flexibility index (Phi) is 4.51. The lowest BCUT2D eigenvalue weighted by Gasteiger charge is -2.25. The third-order valence-electron chi connectivity index (χ3n) is 3.72. The van der Waals surface area contributed by atoms with Gasteiger partial charge in [-0.25, -0.2) is 21.6 Å². The average molecular weight is 312 g/mol. The Balaban J connectivity index is 1.99. The van der Waals surface area contributed by atoms with Crippen LogP contribution in [0.3, 0.4) is 0 Å². The van der Waals surface area contributed by atoms with Gasteiger partial charge in [-0.1, -0.05) is 0 Å². The average Bonchev–Trinajstić information content (AvgIpc) is 2.75. The van der Waals surface area contributed by atoms with E-state index in [2.05, 4.69) is 10.0 Å². The Bertz CT molecular complexity index is 502. The van der Waals surface area contributed by atoms with Gasteiger partial charge in [0, 0.05) is 20.2 Å². The molecule has 2 saturated heterocycles. The molecule has 0 saturated carbocycles. The topological polar surface area (TPSA) is 102 Å². The standard InChI is InChI=1S/C10H20N2O5S2/c1-17-10-7-11-6-9(10)12-19(15,16)8-2-4-18(13,14)5-3-8/h8-12H,2-7H2,1H3/t9?,10-/m0/s1. The first-order valence-corrected chi connectivity index (χ1v) is 9.66. The SMILES string of the molecule is CO[C@H]1CNCC1NS(=O)(=O)C1CCS(=O)(=O)CC1. The second kappa shape index (κ2) is 5.65. The van der Waals surface area contributed by atoms with Crippen molar-refractivity contribution in [3.05, 3.63) is 0 Å². The molecular formula is C10H20N2O5S2. The molecule has 0 bridgehead atoms. The fraction of sp³-hybridized carbons (Fsp3) is 1.00. The summed E-state index contributed by atoms with van der Waals surface area (Å²) in [4.78, 5) is 0. The van der Waals surface area contributed by atoms with E-state index in [0.717, 1.165) is 0 Å². The molecule has 2 N–H and O–H groups in total. The number of methoxy groups -OCH3 is 1. The van der Waals surface area contributed by atoms with E-state index >= 15 is 0 Å². The van der Waals surface area contributed by atoms with Crippen LogP contribution in [0, 0.1) is 0 Å². The summed E-state index contributed by atoms with van der Waals surface area (Å²) < 4.78 is 54.9. The molecule has 19 heavy (non-hydrogen) atoms. The highest BCUT2D eigenvalue weighted by molar-refractivity contribution is 7.92. The molecule has 0 radical (unpaired) electrons. The summed E-state index contributed by atoms with van der Waals surface area (Å²) >= 11 is 0. The maximum absolute atomic E-state index is 12.2. The molecule has 2 rings (SSSR count). The van der Waals surface area contributed by atoms with Crippen molar-refractivity contribution in [3.63, 3.8) is 0 Å². The molecule has 0 amide bonds. The number of hydrogen-bond acceptors (Lipinski definition) is 6. The first kappa shape index (κ1) is 15.2. The Labute approximate surface area is 114 Å². The summed E-state index contributed by atoms with van der Waals surface area (Å²) in [6.07, 6.45) is 0.173. The van der Waals surface area contributed by atoms with Crippen LogP contribution in [-0.4, -0.2) is 65.9 Å². The minimum Gasteiger partial charge on any atom is -0.378 e. The summed E-state index contributed by atoms with van der Waals surface area (Å²) in [5, 5.41) is 2.45. The summed E-state index contributed by atoms with van der Waals surface area (Å²) in [5.74, 6) is -0.0929. The van der Waals surface area contributed by atoms with Crippen LogP contribution in [0.5, 0.6) is 0 Å². The molecule has 7 nitrogen and oxygen atoms in total. The molecule has 0 spiro atoms. The zero-order chi connectivity index (χ0) is 14.1. The van der Waals surface area contributed by atoms with Gasteiger partial charge in [0.25, 0.3) is 0 Å². The van der Waals surface area contributed by atoms with Crippen molar-refractivity contribution < 1.29 is 21.6 Å². The van der Waals surface area contributed by atoms with E-state index in [9.17, 15) is 16.8 Å². The van der Waals surface area contributed by atoms with E-state index < -0.39 is 25.1 Å². The quantitative estimate of drug-likeness (QED) is 0.653. The lowest BCUT2D eigenvalue weighted by molar-refractivity contribution is 0.103. The molecule has 2 aliphatic heterocycles. The Morgan fingerprint density at radius 3 is 2.42 bits per heavy atom. The largest absolute Gasteiger partial charge is 0.378 e.